The van der Waals surface area contributed by atoms with E-state index in [1.165, 1.54) is 18.2 Å². The minimum absolute atomic E-state index is 0.0826. The van der Waals surface area contributed by atoms with Crippen LogP contribution in [0, 0.1) is 0 Å². The minimum Gasteiger partial charge on any atom is -0.478 e. The topological polar surface area (TPSA) is 55.1 Å². The summed E-state index contributed by atoms with van der Waals surface area (Å²) in [5.74, 6) is -0.941. The van der Waals surface area contributed by atoms with Crippen molar-refractivity contribution < 1.29 is 23.1 Å². The highest BCUT2D eigenvalue weighted by molar-refractivity contribution is 6.01. The Bertz CT molecular complexity index is 647. The molecule has 0 spiro atoms. The molecule has 1 heterocycles. The maximum absolute atomic E-state index is 12.7. The molecule has 0 amide bonds. The van der Waals surface area contributed by atoms with E-state index in [0.717, 1.165) is 4.57 Å². The van der Waals surface area contributed by atoms with Gasteiger partial charge in [0.1, 0.15) is 17.9 Å². The Balaban J connectivity index is 2.66. The lowest BCUT2D eigenvalue weighted by atomic mass is 10.2. The third-order valence-corrected chi connectivity index (χ3v) is 2.90. The Morgan fingerprint density at radius 3 is 2.65 bits per heavy atom. The Hall–Kier alpha value is -2.05. The molecule has 0 saturated heterocycles. The standard InChI is InChI=1S/C13H13F3N2O2/c1-2-4-10-17-11-8(12(19)20)5-3-6-9(11)18(10)7-13(14,15)16/h3,5-6H,2,4,7H2,1H3,(H,19,20). The van der Waals surface area contributed by atoms with E-state index in [4.69, 9.17) is 5.11 Å². The number of alkyl halides is 3. The summed E-state index contributed by atoms with van der Waals surface area (Å²) in [6.07, 6.45) is -3.39. The molecule has 0 atom stereocenters. The molecule has 0 bridgehead atoms. The molecule has 0 unspecified atom stereocenters. The second-order valence-electron chi connectivity index (χ2n) is 4.46. The molecule has 2 aromatic rings. The number of carbonyl (C=O) groups is 1. The van der Waals surface area contributed by atoms with Crippen LogP contribution in [0.3, 0.4) is 0 Å². The molecule has 1 N–H and O–H groups in total. The number of rotatable bonds is 4. The zero-order valence-corrected chi connectivity index (χ0v) is 10.7. The zero-order valence-electron chi connectivity index (χ0n) is 10.7. The van der Waals surface area contributed by atoms with Crippen molar-refractivity contribution >= 4 is 17.0 Å². The summed E-state index contributed by atoms with van der Waals surface area (Å²) in [7, 11) is 0. The molecule has 0 aliphatic carbocycles. The Morgan fingerprint density at radius 1 is 1.40 bits per heavy atom. The number of imidazole rings is 1. The van der Waals surface area contributed by atoms with Crippen LogP contribution in [-0.2, 0) is 13.0 Å². The Morgan fingerprint density at radius 2 is 2.10 bits per heavy atom. The number of hydrogen-bond donors (Lipinski definition) is 1. The number of aryl methyl sites for hydroxylation is 1. The highest BCUT2D eigenvalue weighted by Crippen LogP contribution is 2.26. The van der Waals surface area contributed by atoms with Gasteiger partial charge in [-0.05, 0) is 18.6 Å². The summed E-state index contributed by atoms with van der Waals surface area (Å²) in [5, 5.41) is 9.07. The maximum atomic E-state index is 12.7. The van der Waals surface area contributed by atoms with E-state index < -0.39 is 18.7 Å². The first kappa shape index (κ1) is 14.4. The zero-order chi connectivity index (χ0) is 14.9. The van der Waals surface area contributed by atoms with Gasteiger partial charge in [0.25, 0.3) is 0 Å². The first-order valence-corrected chi connectivity index (χ1v) is 6.11. The summed E-state index contributed by atoms with van der Waals surface area (Å²) in [5.41, 5.74) is 0.221. The molecule has 0 aliphatic rings. The molecule has 0 radical (unpaired) electrons. The quantitative estimate of drug-likeness (QED) is 0.938. The lowest BCUT2D eigenvalue weighted by Crippen LogP contribution is -2.19. The molecule has 7 heteroatoms. The summed E-state index contributed by atoms with van der Waals surface area (Å²) in [4.78, 5) is 15.2. The minimum atomic E-state index is -4.38. The van der Waals surface area contributed by atoms with Gasteiger partial charge in [0.2, 0.25) is 0 Å². The summed E-state index contributed by atoms with van der Waals surface area (Å²) in [6, 6.07) is 4.22. The van der Waals surface area contributed by atoms with Crippen molar-refractivity contribution in [3.05, 3.63) is 29.6 Å². The normalized spacial score (nSPS) is 12.0. The lowest BCUT2D eigenvalue weighted by molar-refractivity contribution is -0.140. The van der Waals surface area contributed by atoms with Gasteiger partial charge in [-0.25, -0.2) is 9.78 Å². The van der Waals surface area contributed by atoms with Gasteiger partial charge >= 0.3 is 12.1 Å². The van der Waals surface area contributed by atoms with Gasteiger partial charge in [-0.3, -0.25) is 0 Å². The lowest BCUT2D eigenvalue weighted by Gasteiger charge is -2.11. The van der Waals surface area contributed by atoms with Crippen LogP contribution in [0.2, 0.25) is 0 Å². The van der Waals surface area contributed by atoms with Crippen molar-refractivity contribution in [1.29, 1.82) is 0 Å². The molecule has 4 nitrogen and oxygen atoms in total. The number of aromatic carboxylic acids is 1. The van der Waals surface area contributed by atoms with Crippen molar-refractivity contribution in [1.82, 2.24) is 9.55 Å². The third-order valence-electron chi connectivity index (χ3n) is 2.90. The van der Waals surface area contributed by atoms with E-state index >= 15 is 0 Å². The average molecular weight is 286 g/mol. The van der Waals surface area contributed by atoms with Crippen molar-refractivity contribution in [2.45, 2.75) is 32.5 Å². The largest absolute Gasteiger partial charge is 0.478 e. The van der Waals surface area contributed by atoms with Crippen molar-refractivity contribution in [2.75, 3.05) is 0 Å². The van der Waals surface area contributed by atoms with Gasteiger partial charge in [0.15, 0.2) is 0 Å². The van der Waals surface area contributed by atoms with Crippen LogP contribution >= 0.6 is 0 Å². The number of benzene rings is 1. The van der Waals surface area contributed by atoms with E-state index in [9.17, 15) is 18.0 Å². The predicted octanol–water partition coefficient (Wildman–Crippen LogP) is 3.25. The second-order valence-corrected chi connectivity index (χ2v) is 4.46. The number of hydrogen-bond acceptors (Lipinski definition) is 2. The first-order chi connectivity index (χ1) is 9.33. The van der Waals surface area contributed by atoms with Crippen LogP contribution < -0.4 is 0 Å². The molecule has 1 aromatic heterocycles. The van der Waals surface area contributed by atoms with Crippen LogP contribution in [-0.4, -0.2) is 26.8 Å². The van der Waals surface area contributed by atoms with E-state index in [2.05, 4.69) is 4.98 Å². The average Bonchev–Trinajstić information content (AvgIpc) is 2.66. The van der Waals surface area contributed by atoms with Crippen LogP contribution in [0.5, 0.6) is 0 Å². The van der Waals surface area contributed by atoms with E-state index in [1.54, 1.807) is 0 Å². The molecule has 2 rings (SSSR count). The van der Waals surface area contributed by atoms with E-state index in [1.807, 2.05) is 6.92 Å². The number of aromatic nitrogens is 2. The van der Waals surface area contributed by atoms with Gasteiger partial charge in [-0.15, -0.1) is 0 Å². The number of halogens is 3. The second kappa shape index (κ2) is 5.15. The smallest absolute Gasteiger partial charge is 0.406 e. The molecule has 0 aliphatic heterocycles. The third kappa shape index (κ3) is 2.76. The first-order valence-electron chi connectivity index (χ1n) is 6.11. The highest BCUT2D eigenvalue weighted by atomic mass is 19.4. The fourth-order valence-corrected chi connectivity index (χ4v) is 2.14. The van der Waals surface area contributed by atoms with Gasteiger partial charge in [-0.2, -0.15) is 13.2 Å². The van der Waals surface area contributed by atoms with Gasteiger partial charge < -0.3 is 9.67 Å². The van der Waals surface area contributed by atoms with Crippen molar-refractivity contribution in [3.8, 4) is 0 Å². The maximum Gasteiger partial charge on any atom is 0.406 e. The number of fused-ring (bicyclic) bond motifs is 1. The molecular weight excluding hydrogens is 273 g/mol. The van der Waals surface area contributed by atoms with Crippen LogP contribution in [0.4, 0.5) is 13.2 Å². The summed E-state index contributed by atoms with van der Waals surface area (Å²) in [6.45, 7) is 0.664. The van der Waals surface area contributed by atoms with Gasteiger partial charge in [-0.1, -0.05) is 13.0 Å². The molecule has 108 valence electrons. The SMILES string of the molecule is CCCc1nc2c(C(=O)O)cccc2n1CC(F)(F)F. The van der Waals surface area contributed by atoms with E-state index in [0.29, 0.717) is 12.8 Å². The number of para-hydroxylation sites is 1. The molecule has 0 saturated carbocycles. The Kier molecular flexibility index (Phi) is 3.69. The van der Waals surface area contributed by atoms with Gasteiger partial charge in [0, 0.05) is 6.42 Å². The molecule has 20 heavy (non-hydrogen) atoms. The fraction of sp³-hybridized carbons (Fsp3) is 0.385. The van der Waals surface area contributed by atoms with Crippen LogP contribution in [0.1, 0.15) is 29.5 Å². The summed E-state index contributed by atoms with van der Waals surface area (Å²) < 4.78 is 39.0. The van der Waals surface area contributed by atoms with Crippen LogP contribution in [0.25, 0.3) is 11.0 Å². The van der Waals surface area contributed by atoms with E-state index in [-0.39, 0.29) is 22.4 Å². The number of carboxylic acids is 1. The fourth-order valence-electron chi connectivity index (χ4n) is 2.14. The number of carboxylic acid groups (broad SMARTS) is 1. The molecule has 1 aromatic carbocycles. The molecular formula is C13H13F3N2O2. The van der Waals surface area contributed by atoms with Crippen molar-refractivity contribution in [3.63, 3.8) is 0 Å². The summed E-state index contributed by atoms with van der Waals surface area (Å²) >= 11 is 0. The van der Waals surface area contributed by atoms with Crippen LogP contribution in [0.15, 0.2) is 18.2 Å². The molecule has 0 fully saturated rings. The van der Waals surface area contributed by atoms with Gasteiger partial charge in [0.05, 0.1) is 11.1 Å². The number of nitrogens with zero attached hydrogens (tertiary/aromatic N) is 2. The monoisotopic (exact) mass is 286 g/mol. The van der Waals surface area contributed by atoms with Crippen molar-refractivity contribution in [2.24, 2.45) is 0 Å². The highest BCUT2D eigenvalue weighted by Gasteiger charge is 2.30. The predicted molar refractivity (Wildman–Crippen MR) is 66.7 cm³/mol. The Labute approximate surface area is 112 Å².